The van der Waals surface area contributed by atoms with Gasteiger partial charge >= 0.3 is 0 Å². The maximum Gasteiger partial charge on any atom is 0.280 e. The summed E-state index contributed by atoms with van der Waals surface area (Å²) in [7, 11) is -9.38. The lowest BCUT2D eigenvalue weighted by atomic mass is 10.2. The highest BCUT2D eigenvalue weighted by atomic mass is 32.3. The zero-order valence-electron chi connectivity index (χ0n) is 12.8. The molecular weight excluding hydrogens is 368 g/mol. The van der Waals surface area contributed by atoms with Crippen LogP contribution in [0, 0.1) is 0 Å². The maximum atomic E-state index is 12.6. The molecule has 0 saturated heterocycles. The lowest BCUT2D eigenvalue weighted by Gasteiger charge is -2.19. The van der Waals surface area contributed by atoms with Crippen LogP contribution in [0.1, 0.15) is 15.9 Å². The lowest BCUT2D eigenvalue weighted by Crippen LogP contribution is -2.37. The molecule has 0 unspecified atom stereocenters. The van der Waals surface area contributed by atoms with Crippen LogP contribution in [0.3, 0.4) is 0 Å². The van der Waals surface area contributed by atoms with Crippen LogP contribution in [-0.4, -0.2) is 32.9 Å². The second-order valence-electron chi connectivity index (χ2n) is 4.94. The van der Waals surface area contributed by atoms with Crippen molar-refractivity contribution in [2.75, 3.05) is 0 Å². The van der Waals surface area contributed by atoms with Crippen molar-refractivity contribution in [2.45, 2.75) is 10.6 Å². The molecule has 2 N–H and O–H groups in total. The molecule has 0 aliphatic heterocycles. The van der Waals surface area contributed by atoms with Crippen LogP contribution in [-0.2, 0) is 30.6 Å². The van der Waals surface area contributed by atoms with Crippen molar-refractivity contribution < 1.29 is 26.4 Å². The Balaban J connectivity index is 2.53. The summed E-state index contributed by atoms with van der Waals surface area (Å²) < 4.78 is 49.8. The molecular formula is C15H14N2O6S2. The SMILES string of the molecule is NC(=O)c1ccccc1S(=O)(=O)N(C=O)S(=O)(=O)Cc1ccccc1. The Kier molecular flexibility index (Phi) is 5.24. The number of nitrogens with two attached hydrogens (primary N) is 1. The molecule has 0 aromatic heterocycles. The number of carbonyl (C=O) groups is 2. The van der Waals surface area contributed by atoms with Crippen LogP contribution >= 0.6 is 0 Å². The topological polar surface area (TPSA) is 132 Å². The van der Waals surface area contributed by atoms with E-state index in [1.54, 1.807) is 18.2 Å². The molecule has 2 rings (SSSR count). The smallest absolute Gasteiger partial charge is 0.280 e. The van der Waals surface area contributed by atoms with Crippen LogP contribution in [0.2, 0.25) is 0 Å². The van der Waals surface area contributed by atoms with E-state index in [4.69, 9.17) is 5.73 Å². The number of carbonyl (C=O) groups excluding carboxylic acids is 2. The summed E-state index contributed by atoms with van der Waals surface area (Å²) >= 11 is 0. The Morgan fingerprint density at radius 1 is 0.960 bits per heavy atom. The minimum Gasteiger partial charge on any atom is -0.366 e. The van der Waals surface area contributed by atoms with Gasteiger partial charge in [0.1, 0.15) is 4.90 Å². The highest BCUT2D eigenvalue weighted by molar-refractivity contribution is 8.04. The van der Waals surface area contributed by atoms with Gasteiger partial charge in [0.15, 0.2) is 0 Å². The maximum absolute atomic E-state index is 12.6. The summed E-state index contributed by atoms with van der Waals surface area (Å²) in [5.74, 6) is -1.77. The minimum atomic E-state index is -4.83. The van der Waals surface area contributed by atoms with Crippen LogP contribution < -0.4 is 5.73 Å². The molecule has 0 aliphatic carbocycles. The van der Waals surface area contributed by atoms with Crippen molar-refractivity contribution in [3.63, 3.8) is 0 Å². The predicted molar refractivity (Wildman–Crippen MR) is 89.1 cm³/mol. The van der Waals surface area contributed by atoms with Gasteiger partial charge in [0.05, 0.1) is 11.3 Å². The number of hydrogen-bond acceptors (Lipinski definition) is 6. The van der Waals surface area contributed by atoms with Crippen molar-refractivity contribution in [1.82, 2.24) is 3.71 Å². The first-order valence-corrected chi connectivity index (χ1v) is 9.90. The third kappa shape index (κ3) is 3.86. The normalized spacial score (nSPS) is 11.7. The molecule has 132 valence electrons. The molecule has 2 aromatic carbocycles. The van der Waals surface area contributed by atoms with Crippen LogP contribution in [0.5, 0.6) is 0 Å². The second kappa shape index (κ2) is 7.03. The molecule has 2 amide bonds. The third-order valence-electron chi connectivity index (χ3n) is 3.22. The molecule has 0 spiro atoms. The quantitative estimate of drug-likeness (QED) is 0.692. The molecule has 0 aliphatic rings. The first-order chi connectivity index (χ1) is 11.7. The van der Waals surface area contributed by atoms with E-state index in [2.05, 4.69) is 0 Å². The largest absolute Gasteiger partial charge is 0.366 e. The predicted octanol–water partition coefficient (Wildman–Crippen LogP) is 0.463. The van der Waals surface area contributed by atoms with Gasteiger partial charge in [-0.2, -0.15) is 8.42 Å². The number of hydrogen-bond donors (Lipinski definition) is 1. The Hall–Kier alpha value is -2.72. The summed E-state index contributed by atoms with van der Waals surface area (Å²) in [5, 5.41) is 0. The van der Waals surface area contributed by atoms with E-state index < -0.39 is 42.2 Å². The van der Waals surface area contributed by atoms with Crippen LogP contribution in [0.25, 0.3) is 0 Å². The van der Waals surface area contributed by atoms with E-state index in [1.807, 2.05) is 0 Å². The highest BCUT2D eigenvalue weighted by Crippen LogP contribution is 2.23. The molecule has 25 heavy (non-hydrogen) atoms. The van der Waals surface area contributed by atoms with Gasteiger partial charge in [0.2, 0.25) is 12.3 Å². The first-order valence-electron chi connectivity index (χ1n) is 6.85. The summed E-state index contributed by atoms with van der Waals surface area (Å²) in [4.78, 5) is 22.1. The van der Waals surface area contributed by atoms with Gasteiger partial charge < -0.3 is 5.73 Å². The molecule has 0 fully saturated rings. The Morgan fingerprint density at radius 3 is 2.08 bits per heavy atom. The van der Waals surface area contributed by atoms with Gasteiger partial charge in [-0.05, 0) is 17.7 Å². The number of sulfonamides is 2. The van der Waals surface area contributed by atoms with Gasteiger partial charge in [0.25, 0.3) is 20.0 Å². The number of amides is 2. The van der Waals surface area contributed by atoms with Gasteiger partial charge in [-0.1, -0.05) is 42.5 Å². The van der Waals surface area contributed by atoms with Gasteiger partial charge in [-0.15, -0.1) is 3.71 Å². The molecule has 8 nitrogen and oxygen atoms in total. The molecule has 10 heteroatoms. The standard InChI is InChI=1S/C15H14N2O6S2/c16-15(19)13-8-4-5-9-14(13)25(22,23)17(11-18)24(20,21)10-12-6-2-1-3-7-12/h1-9,11H,10H2,(H2,16,19). The molecule has 0 bridgehead atoms. The number of benzene rings is 2. The van der Waals surface area contributed by atoms with Crippen molar-refractivity contribution in [1.29, 1.82) is 0 Å². The van der Waals surface area contributed by atoms with E-state index in [0.29, 0.717) is 5.56 Å². The summed E-state index contributed by atoms with van der Waals surface area (Å²) in [6.07, 6.45) is -0.314. The summed E-state index contributed by atoms with van der Waals surface area (Å²) in [6.45, 7) is 0. The average molecular weight is 382 g/mol. The van der Waals surface area contributed by atoms with Crippen LogP contribution in [0.4, 0.5) is 0 Å². The van der Waals surface area contributed by atoms with E-state index in [9.17, 15) is 26.4 Å². The zero-order valence-corrected chi connectivity index (χ0v) is 14.4. The fraction of sp³-hybridized carbons (Fsp3) is 0.0667. The second-order valence-corrected chi connectivity index (χ2v) is 8.80. The first kappa shape index (κ1) is 18.6. The number of rotatable bonds is 7. The van der Waals surface area contributed by atoms with Crippen molar-refractivity contribution >= 4 is 32.4 Å². The zero-order chi connectivity index (χ0) is 18.7. The van der Waals surface area contributed by atoms with Crippen LogP contribution in [0.15, 0.2) is 59.5 Å². The van der Waals surface area contributed by atoms with Crippen molar-refractivity contribution in [2.24, 2.45) is 5.73 Å². The Morgan fingerprint density at radius 2 is 1.52 bits per heavy atom. The molecule has 0 atom stereocenters. The highest BCUT2D eigenvalue weighted by Gasteiger charge is 2.36. The van der Waals surface area contributed by atoms with E-state index in [0.717, 1.165) is 12.1 Å². The fourth-order valence-electron chi connectivity index (χ4n) is 2.11. The summed E-state index contributed by atoms with van der Waals surface area (Å²) in [6, 6.07) is 12.5. The van der Waals surface area contributed by atoms with E-state index in [-0.39, 0.29) is 10.1 Å². The van der Waals surface area contributed by atoms with Gasteiger partial charge in [-0.25, -0.2) is 8.42 Å². The number of primary amides is 1. The van der Waals surface area contributed by atoms with Gasteiger partial charge in [-0.3, -0.25) is 9.59 Å². The van der Waals surface area contributed by atoms with E-state index in [1.165, 1.54) is 24.3 Å². The van der Waals surface area contributed by atoms with E-state index >= 15 is 0 Å². The molecule has 0 radical (unpaired) electrons. The lowest BCUT2D eigenvalue weighted by molar-refractivity contribution is -0.111. The summed E-state index contributed by atoms with van der Waals surface area (Å²) in [5.41, 5.74) is 5.01. The Labute approximate surface area is 145 Å². The minimum absolute atomic E-state index is 0.283. The number of nitrogens with zero attached hydrogens (tertiary/aromatic N) is 1. The molecule has 0 saturated carbocycles. The molecule has 2 aromatic rings. The monoisotopic (exact) mass is 382 g/mol. The molecule has 0 heterocycles. The van der Waals surface area contributed by atoms with Gasteiger partial charge in [0, 0.05) is 0 Å². The third-order valence-corrected chi connectivity index (χ3v) is 7.29. The van der Waals surface area contributed by atoms with Crippen molar-refractivity contribution in [3.05, 3.63) is 65.7 Å². The fourth-order valence-corrected chi connectivity index (χ4v) is 5.58. The van der Waals surface area contributed by atoms with Crippen molar-refractivity contribution in [3.8, 4) is 0 Å². The average Bonchev–Trinajstić information content (AvgIpc) is 2.55. The Bertz CT molecular complexity index is 1000.